The molecule has 3 aromatic heterocycles. The highest BCUT2D eigenvalue weighted by molar-refractivity contribution is 5.83. The van der Waals surface area contributed by atoms with Crippen molar-refractivity contribution in [3.63, 3.8) is 0 Å². The van der Waals surface area contributed by atoms with Gasteiger partial charge < -0.3 is 4.42 Å². The third-order valence-corrected chi connectivity index (χ3v) is 3.02. The van der Waals surface area contributed by atoms with Gasteiger partial charge in [0.25, 0.3) is 0 Å². The molecule has 0 saturated heterocycles. The molecule has 4 aromatic rings. The van der Waals surface area contributed by atoms with Gasteiger partial charge in [0, 0.05) is 0 Å². The van der Waals surface area contributed by atoms with Crippen LogP contribution in [0.5, 0.6) is 0 Å². The van der Waals surface area contributed by atoms with Crippen molar-refractivity contribution < 1.29 is 4.42 Å². The zero-order chi connectivity index (χ0) is 11.9. The molecule has 4 heteroatoms. The monoisotopic (exact) mass is 235 g/mol. The quantitative estimate of drug-likeness (QED) is 0.509. The number of benzene rings is 1. The SMILES string of the molecule is c1coc(-c2nnc3ccc4ccccc4n23)c1. The van der Waals surface area contributed by atoms with E-state index in [1.807, 2.05) is 40.8 Å². The van der Waals surface area contributed by atoms with Crippen LogP contribution in [0.2, 0.25) is 0 Å². The number of furan rings is 1. The lowest BCUT2D eigenvalue weighted by molar-refractivity contribution is 0.577. The lowest BCUT2D eigenvalue weighted by Crippen LogP contribution is -1.90. The van der Waals surface area contributed by atoms with Crippen molar-refractivity contribution in [2.75, 3.05) is 0 Å². The van der Waals surface area contributed by atoms with Crippen LogP contribution in [0.25, 0.3) is 28.1 Å². The molecule has 0 N–H and O–H groups in total. The number of nitrogens with zero attached hydrogens (tertiary/aromatic N) is 3. The fraction of sp³-hybridized carbons (Fsp3) is 0. The van der Waals surface area contributed by atoms with Crippen LogP contribution >= 0.6 is 0 Å². The largest absolute Gasteiger partial charge is 0.461 e. The number of aromatic nitrogens is 3. The Morgan fingerprint density at radius 3 is 2.72 bits per heavy atom. The molecule has 0 atom stereocenters. The first-order valence-corrected chi connectivity index (χ1v) is 5.70. The van der Waals surface area contributed by atoms with E-state index < -0.39 is 0 Å². The Hall–Kier alpha value is -2.62. The molecule has 1 aromatic carbocycles. The van der Waals surface area contributed by atoms with Gasteiger partial charge in [-0.3, -0.25) is 4.40 Å². The highest BCUT2D eigenvalue weighted by Gasteiger charge is 2.12. The maximum atomic E-state index is 5.41. The Morgan fingerprint density at radius 2 is 1.83 bits per heavy atom. The second-order valence-corrected chi connectivity index (χ2v) is 4.09. The van der Waals surface area contributed by atoms with Crippen molar-refractivity contribution in [1.82, 2.24) is 14.6 Å². The van der Waals surface area contributed by atoms with Crippen LogP contribution < -0.4 is 0 Å². The van der Waals surface area contributed by atoms with Crippen LogP contribution in [-0.2, 0) is 0 Å². The molecule has 0 fully saturated rings. The molecule has 0 unspecified atom stereocenters. The predicted molar refractivity (Wildman–Crippen MR) is 68.2 cm³/mol. The summed E-state index contributed by atoms with van der Waals surface area (Å²) in [5.74, 6) is 1.45. The van der Waals surface area contributed by atoms with E-state index in [9.17, 15) is 0 Å². The molecule has 4 nitrogen and oxygen atoms in total. The summed E-state index contributed by atoms with van der Waals surface area (Å²) in [5, 5.41) is 9.54. The summed E-state index contributed by atoms with van der Waals surface area (Å²) in [7, 11) is 0. The Balaban J connectivity index is 2.19. The number of fused-ring (bicyclic) bond motifs is 3. The predicted octanol–water partition coefficient (Wildman–Crippen LogP) is 3.14. The standard InChI is InChI=1S/C14H9N3O/c1-2-5-11-10(4-1)7-8-13-15-16-14(17(11)13)12-6-3-9-18-12/h1-9H. The van der Waals surface area contributed by atoms with Gasteiger partial charge in [0.2, 0.25) is 5.82 Å². The van der Waals surface area contributed by atoms with E-state index in [0.29, 0.717) is 0 Å². The molecule has 0 amide bonds. The molecular formula is C14H9N3O. The minimum Gasteiger partial charge on any atom is -0.461 e. The van der Waals surface area contributed by atoms with Crippen LogP contribution in [0, 0.1) is 0 Å². The Kier molecular flexibility index (Phi) is 1.80. The third kappa shape index (κ3) is 1.20. The Bertz CT molecular complexity index is 831. The van der Waals surface area contributed by atoms with Crippen LogP contribution in [0.3, 0.4) is 0 Å². The molecule has 0 saturated carbocycles. The van der Waals surface area contributed by atoms with Gasteiger partial charge in [0.1, 0.15) is 0 Å². The zero-order valence-electron chi connectivity index (χ0n) is 9.45. The first-order chi connectivity index (χ1) is 8.93. The van der Waals surface area contributed by atoms with Crippen molar-refractivity contribution in [2.24, 2.45) is 0 Å². The number of para-hydroxylation sites is 1. The molecule has 18 heavy (non-hydrogen) atoms. The van der Waals surface area contributed by atoms with Crippen molar-refractivity contribution in [2.45, 2.75) is 0 Å². The summed E-state index contributed by atoms with van der Waals surface area (Å²) in [4.78, 5) is 0. The molecule has 86 valence electrons. The van der Waals surface area contributed by atoms with Gasteiger partial charge in [-0.25, -0.2) is 0 Å². The van der Waals surface area contributed by atoms with Gasteiger partial charge in [-0.15, -0.1) is 10.2 Å². The molecule has 0 bridgehead atoms. The zero-order valence-corrected chi connectivity index (χ0v) is 9.45. The van der Waals surface area contributed by atoms with E-state index in [1.54, 1.807) is 6.26 Å². The van der Waals surface area contributed by atoms with E-state index >= 15 is 0 Å². The summed E-state index contributed by atoms with van der Waals surface area (Å²) < 4.78 is 7.42. The first kappa shape index (κ1) is 9.41. The van der Waals surface area contributed by atoms with Crippen molar-refractivity contribution in [1.29, 1.82) is 0 Å². The first-order valence-electron chi connectivity index (χ1n) is 5.70. The summed E-state index contributed by atoms with van der Waals surface area (Å²) >= 11 is 0. The van der Waals surface area contributed by atoms with Crippen LogP contribution in [-0.4, -0.2) is 14.6 Å². The number of rotatable bonds is 1. The highest BCUT2D eigenvalue weighted by Crippen LogP contribution is 2.23. The molecule has 0 spiro atoms. The lowest BCUT2D eigenvalue weighted by atomic mass is 10.2. The highest BCUT2D eigenvalue weighted by atomic mass is 16.3. The van der Waals surface area contributed by atoms with Gasteiger partial charge in [-0.1, -0.05) is 18.2 Å². The smallest absolute Gasteiger partial charge is 0.204 e. The third-order valence-electron chi connectivity index (χ3n) is 3.02. The van der Waals surface area contributed by atoms with Gasteiger partial charge in [-0.2, -0.15) is 0 Å². The van der Waals surface area contributed by atoms with Gasteiger partial charge in [0.15, 0.2) is 11.4 Å². The molecule has 0 aliphatic carbocycles. The minimum absolute atomic E-state index is 0.721. The Morgan fingerprint density at radius 1 is 0.889 bits per heavy atom. The second-order valence-electron chi connectivity index (χ2n) is 4.09. The molecule has 3 heterocycles. The number of hydrogen-bond acceptors (Lipinski definition) is 3. The fourth-order valence-electron chi connectivity index (χ4n) is 2.20. The number of pyridine rings is 1. The Labute approximate surface area is 102 Å². The molecule has 0 aliphatic rings. The summed E-state index contributed by atoms with van der Waals surface area (Å²) in [6.07, 6.45) is 1.64. The van der Waals surface area contributed by atoms with E-state index in [1.165, 1.54) is 0 Å². The molecule has 0 radical (unpaired) electrons. The van der Waals surface area contributed by atoms with Crippen LogP contribution in [0.15, 0.2) is 59.2 Å². The maximum Gasteiger partial charge on any atom is 0.204 e. The summed E-state index contributed by atoms with van der Waals surface area (Å²) in [5.41, 5.74) is 1.89. The van der Waals surface area contributed by atoms with Gasteiger partial charge in [0.05, 0.1) is 11.8 Å². The second kappa shape index (κ2) is 3.43. The van der Waals surface area contributed by atoms with Gasteiger partial charge in [-0.05, 0) is 35.7 Å². The van der Waals surface area contributed by atoms with E-state index in [-0.39, 0.29) is 0 Å². The summed E-state index contributed by atoms with van der Waals surface area (Å²) in [6, 6.07) is 15.9. The topological polar surface area (TPSA) is 43.3 Å². The van der Waals surface area contributed by atoms with E-state index in [4.69, 9.17) is 4.42 Å². The fourth-order valence-corrected chi connectivity index (χ4v) is 2.20. The van der Waals surface area contributed by atoms with Crippen molar-refractivity contribution >= 4 is 16.6 Å². The average Bonchev–Trinajstić information content (AvgIpc) is 3.07. The maximum absolute atomic E-state index is 5.41. The van der Waals surface area contributed by atoms with Crippen LogP contribution in [0.1, 0.15) is 0 Å². The van der Waals surface area contributed by atoms with Crippen LogP contribution in [0.4, 0.5) is 0 Å². The molecular weight excluding hydrogens is 226 g/mol. The summed E-state index contributed by atoms with van der Waals surface area (Å²) in [6.45, 7) is 0. The molecule has 4 rings (SSSR count). The lowest BCUT2D eigenvalue weighted by Gasteiger charge is -2.02. The normalized spacial score (nSPS) is 11.3. The minimum atomic E-state index is 0.721. The molecule has 0 aliphatic heterocycles. The van der Waals surface area contributed by atoms with Crippen molar-refractivity contribution in [3.8, 4) is 11.6 Å². The average molecular weight is 235 g/mol. The van der Waals surface area contributed by atoms with E-state index in [2.05, 4.69) is 22.3 Å². The number of hydrogen-bond donors (Lipinski definition) is 0. The van der Waals surface area contributed by atoms with Gasteiger partial charge >= 0.3 is 0 Å². The van der Waals surface area contributed by atoms with Crippen molar-refractivity contribution in [3.05, 3.63) is 54.8 Å². The van der Waals surface area contributed by atoms with E-state index in [0.717, 1.165) is 28.1 Å².